The number of aliphatic hydroxyl groups excluding tert-OH is 2. The number of hydrogen-bond acceptors (Lipinski definition) is 2. The van der Waals surface area contributed by atoms with E-state index in [0.717, 1.165) is 19.3 Å². The molecule has 0 aliphatic heterocycles. The zero-order valence-electron chi connectivity index (χ0n) is 7.33. The summed E-state index contributed by atoms with van der Waals surface area (Å²) in [7, 11) is 0. The first-order valence-electron chi connectivity index (χ1n) is 4.47. The molecule has 0 spiro atoms. The van der Waals surface area contributed by atoms with Crippen molar-refractivity contribution < 1.29 is 10.2 Å². The molecule has 0 bridgehead atoms. The van der Waals surface area contributed by atoms with Crippen LogP contribution in [0.2, 0.25) is 0 Å². The maximum atomic E-state index is 9.35. The Bertz CT molecular complexity index is 123. The van der Waals surface area contributed by atoms with E-state index in [9.17, 15) is 10.2 Å². The zero-order chi connectivity index (χ0) is 8.43. The monoisotopic (exact) mass is 158 g/mol. The highest BCUT2D eigenvalue weighted by atomic mass is 16.3. The van der Waals surface area contributed by atoms with E-state index in [0.29, 0.717) is 11.8 Å². The Labute approximate surface area is 68.2 Å². The van der Waals surface area contributed by atoms with Crippen LogP contribution in [0.5, 0.6) is 0 Å². The van der Waals surface area contributed by atoms with Gasteiger partial charge in [0, 0.05) is 0 Å². The van der Waals surface area contributed by atoms with Crippen LogP contribution >= 0.6 is 0 Å². The summed E-state index contributed by atoms with van der Waals surface area (Å²) in [5.74, 6) is 1.24. The van der Waals surface area contributed by atoms with Crippen LogP contribution in [0, 0.1) is 11.8 Å². The van der Waals surface area contributed by atoms with Crippen molar-refractivity contribution in [3.05, 3.63) is 0 Å². The molecule has 0 aromatic heterocycles. The maximum Gasteiger partial charge on any atom is 0.0801 e. The summed E-state index contributed by atoms with van der Waals surface area (Å²) in [5, 5.41) is 18.6. The molecule has 0 amide bonds. The lowest BCUT2D eigenvalue weighted by atomic mass is 9.79. The highest BCUT2D eigenvalue weighted by molar-refractivity contribution is 4.80. The predicted octanol–water partition coefficient (Wildman–Crippen LogP) is 1.16. The highest BCUT2D eigenvalue weighted by Crippen LogP contribution is 2.29. The van der Waals surface area contributed by atoms with Gasteiger partial charge in [-0.1, -0.05) is 13.8 Å². The van der Waals surface area contributed by atoms with Crippen molar-refractivity contribution in [1.29, 1.82) is 0 Å². The van der Waals surface area contributed by atoms with E-state index >= 15 is 0 Å². The largest absolute Gasteiger partial charge is 0.390 e. The second-order valence-electron chi connectivity index (χ2n) is 3.95. The Kier molecular flexibility index (Phi) is 2.90. The fraction of sp³-hybridized carbons (Fsp3) is 1.00. The molecule has 66 valence electrons. The van der Waals surface area contributed by atoms with Gasteiger partial charge < -0.3 is 10.2 Å². The van der Waals surface area contributed by atoms with E-state index in [1.165, 1.54) is 0 Å². The van der Waals surface area contributed by atoms with Crippen molar-refractivity contribution in [3.63, 3.8) is 0 Å². The Hall–Kier alpha value is -0.0800. The van der Waals surface area contributed by atoms with E-state index in [1.807, 2.05) is 0 Å². The first kappa shape index (κ1) is 9.01. The molecule has 11 heavy (non-hydrogen) atoms. The minimum absolute atomic E-state index is 0.468. The Morgan fingerprint density at radius 2 is 1.73 bits per heavy atom. The molecule has 1 saturated carbocycles. The van der Waals surface area contributed by atoms with E-state index in [4.69, 9.17) is 0 Å². The molecule has 1 aliphatic rings. The van der Waals surface area contributed by atoms with Gasteiger partial charge in [-0.3, -0.25) is 0 Å². The predicted molar refractivity (Wildman–Crippen MR) is 44.2 cm³/mol. The molecule has 0 saturated heterocycles. The summed E-state index contributed by atoms with van der Waals surface area (Å²) in [6.45, 7) is 4.35. The highest BCUT2D eigenvalue weighted by Gasteiger charge is 2.28. The van der Waals surface area contributed by atoms with Crippen LogP contribution in [0.1, 0.15) is 33.1 Å². The minimum Gasteiger partial charge on any atom is -0.390 e. The molecule has 0 aromatic carbocycles. The molecule has 2 heteroatoms. The normalized spacial score (nSPS) is 39.5. The van der Waals surface area contributed by atoms with Gasteiger partial charge in [0.25, 0.3) is 0 Å². The molecule has 1 fully saturated rings. The molecule has 1 aliphatic carbocycles. The van der Waals surface area contributed by atoms with E-state index in [-0.39, 0.29) is 0 Å². The molecule has 3 atom stereocenters. The average molecular weight is 158 g/mol. The SMILES string of the molecule is CC(C)[C@@H]1CC[C@H](O)[C@@H](O)C1. The topological polar surface area (TPSA) is 40.5 Å². The van der Waals surface area contributed by atoms with E-state index in [2.05, 4.69) is 13.8 Å². The molecule has 0 unspecified atom stereocenters. The third kappa shape index (κ3) is 2.17. The van der Waals surface area contributed by atoms with Crippen molar-refractivity contribution in [2.24, 2.45) is 11.8 Å². The van der Waals surface area contributed by atoms with Crippen LogP contribution in [0.25, 0.3) is 0 Å². The van der Waals surface area contributed by atoms with Crippen LogP contribution in [0.4, 0.5) is 0 Å². The minimum atomic E-state index is -0.476. The fourth-order valence-corrected chi connectivity index (χ4v) is 1.77. The summed E-state index contributed by atoms with van der Waals surface area (Å²) in [5.41, 5.74) is 0. The van der Waals surface area contributed by atoms with Crippen molar-refractivity contribution in [2.75, 3.05) is 0 Å². The summed E-state index contributed by atoms with van der Waals surface area (Å²) in [6, 6.07) is 0. The Morgan fingerprint density at radius 1 is 1.09 bits per heavy atom. The summed E-state index contributed by atoms with van der Waals surface area (Å²) in [6.07, 6.45) is 1.67. The first-order valence-corrected chi connectivity index (χ1v) is 4.47. The molecular formula is C9H18O2. The number of rotatable bonds is 1. The van der Waals surface area contributed by atoms with Crippen molar-refractivity contribution in [1.82, 2.24) is 0 Å². The molecule has 2 N–H and O–H groups in total. The summed E-state index contributed by atoms with van der Waals surface area (Å²) < 4.78 is 0. The van der Waals surface area contributed by atoms with Gasteiger partial charge in [-0.25, -0.2) is 0 Å². The molecular weight excluding hydrogens is 140 g/mol. The van der Waals surface area contributed by atoms with Gasteiger partial charge in [0.2, 0.25) is 0 Å². The van der Waals surface area contributed by atoms with E-state index in [1.54, 1.807) is 0 Å². The molecule has 0 heterocycles. The second-order valence-corrected chi connectivity index (χ2v) is 3.95. The number of aliphatic hydroxyl groups is 2. The summed E-state index contributed by atoms with van der Waals surface area (Å²) >= 11 is 0. The smallest absolute Gasteiger partial charge is 0.0801 e. The lowest BCUT2D eigenvalue weighted by Gasteiger charge is -2.32. The zero-order valence-corrected chi connectivity index (χ0v) is 7.33. The standard InChI is InChI=1S/C9H18O2/c1-6(2)7-3-4-8(10)9(11)5-7/h6-11H,3-5H2,1-2H3/t7-,8+,9+/m1/s1. The molecule has 0 radical (unpaired) electrons. The van der Waals surface area contributed by atoms with Crippen LogP contribution in [0.15, 0.2) is 0 Å². The van der Waals surface area contributed by atoms with Gasteiger partial charge >= 0.3 is 0 Å². The Balaban J connectivity index is 2.40. The second kappa shape index (κ2) is 3.55. The van der Waals surface area contributed by atoms with Gasteiger partial charge in [0.15, 0.2) is 0 Å². The van der Waals surface area contributed by atoms with Crippen molar-refractivity contribution >= 4 is 0 Å². The van der Waals surface area contributed by atoms with Crippen LogP contribution in [0.3, 0.4) is 0 Å². The van der Waals surface area contributed by atoms with E-state index < -0.39 is 12.2 Å². The van der Waals surface area contributed by atoms with Gasteiger partial charge in [0.05, 0.1) is 12.2 Å². The third-order valence-corrected chi connectivity index (χ3v) is 2.76. The quantitative estimate of drug-likeness (QED) is 0.601. The maximum absolute atomic E-state index is 9.35. The molecule has 0 aromatic rings. The van der Waals surface area contributed by atoms with Gasteiger partial charge in [-0.2, -0.15) is 0 Å². The summed E-state index contributed by atoms with van der Waals surface area (Å²) in [4.78, 5) is 0. The molecule has 1 rings (SSSR count). The fourth-order valence-electron chi connectivity index (χ4n) is 1.77. The third-order valence-electron chi connectivity index (χ3n) is 2.76. The van der Waals surface area contributed by atoms with Crippen molar-refractivity contribution in [3.8, 4) is 0 Å². The lowest BCUT2D eigenvalue weighted by molar-refractivity contribution is -0.0321. The Morgan fingerprint density at radius 3 is 2.18 bits per heavy atom. The first-order chi connectivity index (χ1) is 5.11. The lowest BCUT2D eigenvalue weighted by Crippen LogP contribution is -2.35. The molecule has 2 nitrogen and oxygen atoms in total. The van der Waals surface area contributed by atoms with Crippen LogP contribution in [-0.2, 0) is 0 Å². The van der Waals surface area contributed by atoms with Gasteiger partial charge in [0.1, 0.15) is 0 Å². The number of hydrogen-bond donors (Lipinski definition) is 2. The van der Waals surface area contributed by atoms with Crippen LogP contribution in [-0.4, -0.2) is 22.4 Å². The van der Waals surface area contributed by atoms with Gasteiger partial charge in [-0.15, -0.1) is 0 Å². The van der Waals surface area contributed by atoms with Crippen LogP contribution < -0.4 is 0 Å². The van der Waals surface area contributed by atoms with Gasteiger partial charge in [-0.05, 0) is 31.1 Å². The average Bonchev–Trinajstić information content (AvgIpc) is 1.94. The van der Waals surface area contributed by atoms with Crippen molar-refractivity contribution in [2.45, 2.75) is 45.3 Å².